The maximum atomic E-state index is 12.9. The van der Waals surface area contributed by atoms with Crippen LogP contribution in [0, 0.1) is 0 Å². The third-order valence-corrected chi connectivity index (χ3v) is 6.40. The van der Waals surface area contributed by atoms with Crippen molar-refractivity contribution in [3.8, 4) is 0 Å². The second kappa shape index (κ2) is 17.2. The summed E-state index contributed by atoms with van der Waals surface area (Å²) >= 11 is 0. The number of unbranched alkanes of at least 4 members (excludes halogenated alkanes) is 1. The van der Waals surface area contributed by atoms with Crippen molar-refractivity contribution in [1.29, 1.82) is 0 Å². The van der Waals surface area contributed by atoms with Gasteiger partial charge in [-0.25, -0.2) is 0 Å². The third kappa shape index (κ3) is 11.1. The van der Waals surface area contributed by atoms with Crippen molar-refractivity contribution in [2.45, 2.75) is 51.5 Å². The SMILES string of the molecule is CCN(CCNC(=O)c1cccc(=O)n1O)CC(CCCCNC(=O)CCCC(=O)O)NC(=O)c1cccc(=O)n1O. The fourth-order valence-corrected chi connectivity index (χ4v) is 4.12. The molecule has 0 aliphatic carbocycles. The van der Waals surface area contributed by atoms with E-state index in [1.807, 2.05) is 11.8 Å². The van der Waals surface area contributed by atoms with E-state index in [9.17, 15) is 39.2 Å². The Kier molecular flexibility index (Phi) is 13.8. The first kappa shape index (κ1) is 33.5. The van der Waals surface area contributed by atoms with Gasteiger partial charge >= 0.3 is 5.97 Å². The van der Waals surface area contributed by atoms with Crippen LogP contribution in [0.2, 0.25) is 0 Å². The molecule has 3 amide bonds. The number of pyridine rings is 2. The number of nitrogens with zero attached hydrogens (tertiary/aromatic N) is 3. The summed E-state index contributed by atoms with van der Waals surface area (Å²) in [6, 6.07) is 7.14. The standard InChI is InChI=1S/C27H38N6O9/c1-2-31(17-16-29-26(39)20-9-5-12-23(35)32(20)41)18-19(30-27(40)21-10-6-13-24(36)33(21)42)8-3-4-15-28-22(34)11-7-14-25(37)38/h5-6,9-10,12-13,19,41-42H,2-4,7-8,11,14-18H2,1H3,(H,28,34)(H,29,39)(H,30,40)(H,37,38). The number of aromatic nitrogens is 2. The van der Waals surface area contributed by atoms with Gasteiger partial charge in [-0.15, -0.1) is 9.46 Å². The van der Waals surface area contributed by atoms with Crippen LogP contribution in [0.25, 0.3) is 0 Å². The van der Waals surface area contributed by atoms with Crippen molar-refractivity contribution >= 4 is 23.7 Å². The van der Waals surface area contributed by atoms with Crippen molar-refractivity contribution in [2.24, 2.45) is 0 Å². The highest BCUT2D eigenvalue weighted by molar-refractivity contribution is 5.93. The topological polar surface area (TPSA) is 212 Å². The minimum Gasteiger partial charge on any atom is -0.481 e. The smallest absolute Gasteiger partial charge is 0.303 e. The average molecular weight is 591 g/mol. The van der Waals surface area contributed by atoms with E-state index in [1.165, 1.54) is 24.3 Å². The number of nitrogens with one attached hydrogen (secondary N) is 3. The molecule has 1 atom stereocenters. The molecular formula is C27H38N6O9. The molecule has 0 aromatic carbocycles. The molecule has 2 aromatic rings. The number of amides is 3. The summed E-state index contributed by atoms with van der Waals surface area (Å²) in [5, 5.41) is 36.7. The van der Waals surface area contributed by atoms with Crippen LogP contribution in [-0.2, 0) is 9.59 Å². The second-order valence-corrected chi connectivity index (χ2v) is 9.53. The number of carbonyl (C=O) groups excluding carboxylic acids is 3. The number of hydrogen-bond acceptors (Lipinski definition) is 9. The molecule has 0 fully saturated rings. The summed E-state index contributed by atoms with van der Waals surface area (Å²) in [6.45, 7) is 3.74. The Balaban J connectivity index is 1.95. The zero-order valence-electron chi connectivity index (χ0n) is 23.5. The summed E-state index contributed by atoms with van der Waals surface area (Å²) in [7, 11) is 0. The summed E-state index contributed by atoms with van der Waals surface area (Å²) in [5.74, 6) is -2.48. The number of carboxylic acids is 1. The molecule has 15 heteroatoms. The Labute approximate surface area is 241 Å². The molecule has 230 valence electrons. The minimum absolute atomic E-state index is 0.0791. The van der Waals surface area contributed by atoms with Crippen LogP contribution < -0.4 is 27.1 Å². The second-order valence-electron chi connectivity index (χ2n) is 9.53. The largest absolute Gasteiger partial charge is 0.481 e. The van der Waals surface area contributed by atoms with E-state index in [0.717, 1.165) is 12.1 Å². The molecule has 2 heterocycles. The first-order valence-corrected chi connectivity index (χ1v) is 13.7. The summed E-state index contributed by atoms with van der Waals surface area (Å²) in [5.41, 5.74) is -1.92. The Morgan fingerprint density at radius 1 is 0.833 bits per heavy atom. The van der Waals surface area contributed by atoms with Crippen LogP contribution in [0.3, 0.4) is 0 Å². The van der Waals surface area contributed by atoms with Crippen molar-refractivity contribution < 1.29 is 34.7 Å². The number of aliphatic carboxylic acids is 1. The molecule has 42 heavy (non-hydrogen) atoms. The summed E-state index contributed by atoms with van der Waals surface area (Å²) < 4.78 is 0.533. The summed E-state index contributed by atoms with van der Waals surface area (Å²) in [6.07, 6.45) is 1.99. The molecule has 6 N–H and O–H groups in total. The minimum atomic E-state index is -0.958. The lowest BCUT2D eigenvalue weighted by Crippen LogP contribution is -2.46. The average Bonchev–Trinajstić information content (AvgIpc) is 2.94. The lowest BCUT2D eigenvalue weighted by atomic mass is 10.1. The molecule has 0 aliphatic rings. The molecule has 0 bridgehead atoms. The van der Waals surface area contributed by atoms with Crippen molar-refractivity contribution in [1.82, 2.24) is 30.3 Å². The van der Waals surface area contributed by atoms with Gasteiger partial charge in [0.25, 0.3) is 22.9 Å². The van der Waals surface area contributed by atoms with Gasteiger partial charge < -0.3 is 31.5 Å². The molecule has 0 spiro atoms. The van der Waals surface area contributed by atoms with Crippen LogP contribution in [0.5, 0.6) is 0 Å². The first-order chi connectivity index (χ1) is 20.0. The van der Waals surface area contributed by atoms with Gasteiger partial charge in [-0.05, 0) is 44.4 Å². The molecule has 2 rings (SSSR count). The molecule has 2 aromatic heterocycles. The number of carboxylic acid groups (broad SMARTS) is 1. The predicted octanol–water partition coefficient (Wildman–Crippen LogP) is -0.124. The van der Waals surface area contributed by atoms with Crippen molar-refractivity contribution in [3.63, 3.8) is 0 Å². The normalized spacial score (nSPS) is 11.6. The van der Waals surface area contributed by atoms with Gasteiger partial charge in [-0.1, -0.05) is 19.1 Å². The number of likely N-dealkylation sites (N-methyl/N-ethyl adjacent to an activating group) is 1. The Morgan fingerprint density at radius 2 is 1.45 bits per heavy atom. The monoisotopic (exact) mass is 590 g/mol. The van der Waals surface area contributed by atoms with Crippen LogP contribution >= 0.6 is 0 Å². The fraction of sp³-hybridized carbons (Fsp3) is 0.481. The van der Waals surface area contributed by atoms with E-state index in [-0.39, 0.29) is 52.6 Å². The van der Waals surface area contributed by atoms with Crippen molar-refractivity contribution in [3.05, 3.63) is 68.5 Å². The Morgan fingerprint density at radius 3 is 2.05 bits per heavy atom. The molecule has 0 aliphatic heterocycles. The van der Waals surface area contributed by atoms with Gasteiger partial charge in [0.05, 0.1) is 0 Å². The van der Waals surface area contributed by atoms with Gasteiger partial charge in [-0.3, -0.25) is 33.7 Å². The number of carbonyl (C=O) groups is 4. The van der Waals surface area contributed by atoms with E-state index >= 15 is 0 Å². The molecule has 1 unspecified atom stereocenters. The highest BCUT2D eigenvalue weighted by atomic mass is 16.5. The van der Waals surface area contributed by atoms with Crippen LogP contribution in [-0.4, -0.2) is 92.3 Å². The third-order valence-electron chi connectivity index (χ3n) is 6.40. The zero-order chi connectivity index (χ0) is 31.1. The van der Waals surface area contributed by atoms with Gasteiger partial charge in [0, 0.05) is 57.2 Å². The van der Waals surface area contributed by atoms with Gasteiger partial charge in [-0.2, -0.15) is 0 Å². The highest BCUT2D eigenvalue weighted by Gasteiger charge is 2.20. The van der Waals surface area contributed by atoms with E-state index in [2.05, 4.69) is 16.0 Å². The molecular weight excluding hydrogens is 552 g/mol. The maximum Gasteiger partial charge on any atom is 0.303 e. The quantitative estimate of drug-likeness (QED) is 0.1000. The molecule has 0 saturated carbocycles. The van der Waals surface area contributed by atoms with Crippen molar-refractivity contribution in [2.75, 3.05) is 32.7 Å². The van der Waals surface area contributed by atoms with Gasteiger partial charge in [0.2, 0.25) is 5.91 Å². The fourth-order valence-electron chi connectivity index (χ4n) is 4.12. The van der Waals surface area contributed by atoms with Crippen LogP contribution in [0.15, 0.2) is 46.0 Å². The van der Waals surface area contributed by atoms with Crippen LogP contribution in [0.1, 0.15) is 66.4 Å². The lowest BCUT2D eigenvalue weighted by molar-refractivity contribution is -0.137. The van der Waals surface area contributed by atoms with E-state index in [4.69, 9.17) is 5.11 Å². The Bertz CT molecular complexity index is 1340. The maximum absolute atomic E-state index is 12.9. The van der Waals surface area contributed by atoms with E-state index in [1.54, 1.807) is 0 Å². The first-order valence-electron chi connectivity index (χ1n) is 13.7. The highest BCUT2D eigenvalue weighted by Crippen LogP contribution is 2.06. The number of hydrogen-bond donors (Lipinski definition) is 6. The zero-order valence-corrected chi connectivity index (χ0v) is 23.5. The van der Waals surface area contributed by atoms with E-state index < -0.39 is 34.9 Å². The van der Waals surface area contributed by atoms with Gasteiger partial charge in [0.1, 0.15) is 11.4 Å². The molecule has 15 nitrogen and oxygen atoms in total. The summed E-state index contributed by atoms with van der Waals surface area (Å²) in [4.78, 5) is 73.0. The van der Waals surface area contributed by atoms with Crippen LogP contribution in [0.4, 0.5) is 0 Å². The van der Waals surface area contributed by atoms with E-state index in [0.29, 0.717) is 45.4 Å². The Hall–Kier alpha value is -4.66. The lowest BCUT2D eigenvalue weighted by Gasteiger charge is -2.27. The van der Waals surface area contributed by atoms with Gasteiger partial charge in [0.15, 0.2) is 0 Å². The predicted molar refractivity (Wildman–Crippen MR) is 150 cm³/mol. The number of rotatable bonds is 18. The molecule has 0 saturated heterocycles. The molecule has 0 radical (unpaired) electrons.